The number of aromatic nitrogens is 3. The third kappa shape index (κ3) is 5.48. The third-order valence-corrected chi connectivity index (χ3v) is 6.34. The molecule has 1 fully saturated rings. The molecule has 0 saturated carbocycles. The highest BCUT2D eigenvalue weighted by Crippen LogP contribution is 2.24. The van der Waals surface area contributed by atoms with Gasteiger partial charge in [-0.15, -0.1) is 0 Å². The SMILES string of the molecule is Cc1nn(Cc2ccc(C(=O)N3CCCC(C(=O)Nc4ccc(Cl)cn4)C3)cc2)c(C)c1[N+](=O)[O-]. The summed E-state index contributed by atoms with van der Waals surface area (Å²) >= 11 is 5.84. The van der Waals surface area contributed by atoms with Gasteiger partial charge in [-0.1, -0.05) is 23.7 Å². The fraction of sp³-hybridized carbons (Fsp3) is 0.333. The molecule has 2 aromatic heterocycles. The van der Waals surface area contributed by atoms with Crippen LogP contribution in [0.5, 0.6) is 0 Å². The van der Waals surface area contributed by atoms with Crippen LogP contribution in [-0.2, 0) is 11.3 Å². The van der Waals surface area contributed by atoms with Gasteiger partial charge < -0.3 is 10.2 Å². The number of piperidine rings is 1. The highest BCUT2D eigenvalue weighted by molar-refractivity contribution is 6.30. The minimum absolute atomic E-state index is 0.0207. The van der Waals surface area contributed by atoms with Crippen LogP contribution in [0.15, 0.2) is 42.6 Å². The van der Waals surface area contributed by atoms with E-state index in [4.69, 9.17) is 11.6 Å². The summed E-state index contributed by atoms with van der Waals surface area (Å²) in [6, 6.07) is 10.4. The Bertz CT molecular complexity index is 1260. The summed E-state index contributed by atoms with van der Waals surface area (Å²) in [6.45, 7) is 4.55. The molecule has 3 aromatic rings. The molecule has 10 nitrogen and oxygen atoms in total. The summed E-state index contributed by atoms with van der Waals surface area (Å²) < 4.78 is 1.59. The summed E-state index contributed by atoms with van der Waals surface area (Å²) in [6.07, 6.45) is 2.89. The summed E-state index contributed by atoms with van der Waals surface area (Å²) in [5, 5.41) is 18.8. The van der Waals surface area contributed by atoms with Gasteiger partial charge in [-0.3, -0.25) is 24.4 Å². The Morgan fingerprint density at radius 2 is 1.94 bits per heavy atom. The molecule has 1 atom stereocenters. The molecule has 1 aromatic carbocycles. The number of halogens is 1. The van der Waals surface area contributed by atoms with Crippen LogP contribution in [0.3, 0.4) is 0 Å². The number of anilines is 1. The molecule has 0 spiro atoms. The average Bonchev–Trinajstić information content (AvgIpc) is 3.13. The molecule has 3 heterocycles. The first kappa shape index (κ1) is 24.3. The maximum absolute atomic E-state index is 13.1. The summed E-state index contributed by atoms with van der Waals surface area (Å²) in [5.74, 6) is -0.218. The smallest absolute Gasteiger partial charge is 0.312 e. The van der Waals surface area contributed by atoms with Crippen LogP contribution in [0.25, 0.3) is 0 Å². The highest BCUT2D eigenvalue weighted by Gasteiger charge is 2.29. The number of rotatable bonds is 6. The second-order valence-corrected chi connectivity index (χ2v) is 9.01. The van der Waals surface area contributed by atoms with E-state index in [0.29, 0.717) is 53.8 Å². The first-order valence-corrected chi connectivity index (χ1v) is 11.6. The quantitative estimate of drug-likeness (QED) is 0.406. The Kier molecular flexibility index (Phi) is 7.11. The Balaban J connectivity index is 1.39. The van der Waals surface area contributed by atoms with E-state index >= 15 is 0 Å². The summed E-state index contributed by atoms with van der Waals surface area (Å²) in [5.41, 5.74) is 2.27. The van der Waals surface area contributed by atoms with Crippen LogP contribution in [0.4, 0.5) is 11.5 Å². The first-order chi connectivity index (χ1) is 16.7. The number of nitrogens with one attached hydrogen (secondary N) is 1. The second-order valence-electron chi connectivity index (χ2n) is 8.57. The van der Waals surface area contributed by atoms with Crippen molar-refractivity contribution in [3.63, 3.8) is 0 Å². The average molecular weight is 497 g/mol. The number of nitro groups is 1. The van der Waals surface area contributed by atoms with E-state index in [9.17, 15) is 19.7 Å². The Morgan fingerprint density at radius 1 is 1.20 bits per heavy atom. The van der Waals surface area contributed by atoms with Gasteiger partial charge in [0.2, 0.25) is 5.91 Å². The number of benzene rings is 1. The summed E-state index contributed by atoms with van der Waals surface area (Å²) in [7, 11) is 0. The molecule has 0 aliphatic carbocycles. The minimum Gasteiger partial charge on any atom is -0.338 e. The van der Waals surface area contributed by atoms with Crippen molar-refractivity contribution in [2.45, 2.75) is 33.2 Å². The lowest BCUT2D eigenvalue weighted by Crippen LogP contribution is -2.43. The topological polar surface area (TPSA) is 123 Å². The molecule has 35 heavy (non-hydrogen) atoms. The lowest BCUT2D eigenvalue weighted by molar-refractivity contribution is -0.386. The van der Waals surface area contributed by atoms with Gasteiger partial charge in [-0.2, -0.15) is 5.10 Å². The van der Waals surface area contributed by atoms with Gasteiger partial charge in [-0.25, -0.2) is 4.98 Å². The van der Waals surface area contributed by atoms with Crippen LogP contribution >= 0.6 is 11.6 Å². The lowest BCUT2D eigenvalue weighted by Gasteiger charge is -2.32. The standard InChI is InChI=1S/C24H25ClN6O4/c1-15-22(31(34)35)16(2)30(28-15)13-17-5-7-18(8-6-17)24(33)29-11-3-4-19(14-29)23(32)27-21-10-9-20(25)12-26-21/h5-10,12,19H,3-4,11,13-14H2,1-2H3,(H,26,27,32). The van der Waals surface area contributed by atoms with E-state index in [-0.39, 0.29) is 23.4 Å². The third-order valence-electron chi connectivity index (χ3n) is 6.12. The number of nitrogens with zero attached hydrogens (tertiary/aromatic N) is 5. The maximum atomic E-state index is 13.1. The van der Waals surface area contributed by atoms with Gasteiger partial charge in [0.15, 0.2) is 0 Å². The number of likely N-dealkylation sites (tertiary alicyclic amines) is 1. The molecule has 182 valence electrons. The number of hydrogen-bond acceptors (Lipinski definition) is 6. The summed E-state index contributed by atoms with van der Waals surface area (Å²) in [4.78, 5) is 42.4. The predicted molar refractivity (Wildman–Crippen MR) is 130 cm³/mol. The Labute approximate surface area is 207 Å². The van der Waals surface area contributed by atoms with E-state index < -0.39 is 4.92 Å². The van der Waals surface area contributed by atoms with Crippen molar-refractivity contribution in [3.05, 3.63) is 80.2 Å². The van der Waals surface area contributed by atoms with E-state index in [1.165, 1.54) is 6.20 Å². The number of amides is 2. The zero-order valence-corrected chi connectivity index (χ0v) is 20.2. The van der Waals surface area contributed by atoms with Crippen molar-refractivity contribution < 1.29 is 14.5 Å². The van der Waals surface area contributed by atoms with Crippen molar-refractivity contribution in [1.82, 2.24) is 19.7 Å². The van der Waals surface area contributed by atoms with Gasteiger partial charge in [0.25, 0.3) is 5.91 Å². The number of aryl methyl sites for hydroxylation is 1. The minimum atomic E-state index is -0.423. The van der Waals surface area contributed by atoms with Crippen LogP contribution < -0.4 is 5.32 Å². The monoisotopic (exact) mass is 496 g/mol. The molecule has 2 amide bonds. The van der Waals surface area contributed by atoms with Gasteiger partial charge in [-0.05, 0) is 56.5 Å². The molecule has 0 bridgehead atoms. The first-order valence-electron chi connectivity index (χ1n) is 11.2. The fourth-order valence-corrected chi connectivity index (χ4v) is 4.38. The zero-order valence-electron chi connectivity index (χ0n) is 19.4. The second kappa shape index (κ2) is 10.2. The van der Waals surface area contributed by atoms with Crippen LogP contribution in [0.2, 0.25) is 5.02 Å². The molecule has 1 saturated heterocycles. The van der Waals surface area contributed by atoms with Crippen molar-refractivity contribution in [2.24, 2.45) is 5.92 Å². The number of pyridine rings is 1. The predicted octanol–water partition coefficient (Wildman–Crippen LogP) is 4.00. The van der Waals surface area contributed by atoms with Crippen LogP contribution in [0.1, 0.15) is 40.2 Å². The molecule has 1 aliphatic heterocycles. The zero-order chi connectivity index (χ0) is 25.1. The Morgan fingerprint density at radius 3 is 2.57 bits per heavy atom. The van der Waals surface area contributed by atoms with Crippen molar-refractivity contribution in [1.29, 1.82) is 0 Å². The normalized spacial score (nSPS) is 15.6. The van der Waals surface area contributed by atoms with Gasteiger partial charge >= 0.3 is 5.69 Å². The Hall–Kier alpha value is -3.79. The molecule has 0 radical (unpaired) electrons. The number of carbonyl (C=O) groups is 2. The molecule has 1 unspecified atom stereocenters. The van der Waals surface area contributed by atoms with Crippen molar-refractivity contribution in [2.75, 3.05) is 18.4 Å². The van der Waals surface area contributed by atoms with E-state index in [1.807, 2.05) is 12.1 Å². The van der Waals surface area contributed by atoms with E-state index in [2.05, 4.69) is 15.4 Å². The van der Waals surface area contributed by atoms with Crippen molar-refractivity contribution in [3.8, 4) is 0 Å². The molecule has 11 heteroatoms. The van der Waals surface area contributed by atoms with E-state index in [0.717, 1.165) is 12.0 Å². The largest absolute Gasteiger partial charge is 0.338 e. The molecule has 1 aliphatic rings. The number of hydrogen-bond donors (Lipinski definition) is 1. The van der Waals surface area contributed by atoms with Crippen LogP contribution in [0, 0.1) is 29.9 Å². The van der Waals surface area contributed by atoms with Gasteiger partial charge in [0.1, 0.15) is 17.2 Å². The fourth-order valence-electron chi connectivity index (χ4n) is 4.27. The highest BCUT2D eigenvalue weighted by atomic mass is 35.5. The molecular weight excluding hydrogens is 472 g/mol. The molecule has 4 rings (SSSR count). The molecule has 1 N–H and O–H groups in total. The van der Waals surface area contributed by atoms with E-state index in [1.54, 1.807) is 47.7 Å². The van der Waals surface area contributed by atoms with Crippen molar-refractivity contribution >= 4 is 34.9 Å². The van der Waals surface area contributed by atoms with Gasteiger partial charge in [0.05, 0.1) is 22.4 Å². The lowest BCUT2D eigenvalue weighted by atomic mass is 9.96. The van der Waals surface area contributed by atoms with Gasteiger partial charge in [0, 0.05) is 24.8 Å². The number of carbonyl (C=O) groups excluding carboxylic acids is 2. The molecular formula is C24H25ClN6O4. The van der Waals surface area contributed by atoms with Crippen LogP contribution in [-0.4, -0.2) is 49.5 Å². The maximum Gasteiger partial charge on any atom is 0.312 e.